The quantitative estimate of drug-likeness (QED) is 0.756. The van der Waals surface area contributed by atoms with E-state index in [0.29, 0.717) is 17.3 Å². The number of amides is 2. The van der Waals surface area contributed by atoms with Crippen LogP contribution in [0.4, 0.5) is 10.5 Å². The number of hydrogen-bond acceptors (Lipinski definition) is 3. The van der Waals surface area contributed by atoms with E-state index in [1.807, 2.05) is 0 Å². The standard InChI is InChI=1S/C20H25ClN2O3/c21-16-2-1-3-17(9-16)23-19(25)26-5-4-22-18(24)20-10-13-6-14(11-20)8-15(7-13)12-20/h1-3,9,13-15H,4-8,10-12H2,(H,22,24)(H,23,25). The Morgan fingerprint density at radius 1 is 1.12 bits per heavy atom. The lowest BCUT2D eigenvalue weighted by atomic mass is 9.49. The maximum atomic E-state index is 12.8. The van der Waals surface area contributed by atoms with Gasteiger partial charge in [0.05, 0.1) is 6.54 Å². The van der Waals surface area contributed by atoms with Crippen molar-refractivity contribution in [3.63, 3.8) is 0 Å². The third-order valence-electron chi connectivity index (χ3n) is 6.21. The molecule has 2 amide bonds. The maximum absolute atomic E-state index is 12.8. The fourth-order valence-electron chi connectivity index (χ4n) is 5.60. The second kappa shape index (κ2) is 7.10. The third-order valence-corrected chi connectivity index (χ3v) is 6.45. The average Bonchev–Trinajstić information content (AvgIpc) is 2.57. The van der Waals surface area contributed by atoms with Crippen molar-refractivity contribution in [3.05, 3.63) is 29.3 Å². The molecular weight excluding hydrogens is 352 g/mol. The van der Waals surface area contributed by atoms with Crippen LogP contribution in [0.15, 0.2) is 24.3 Å². The zero-order chi connectivity index (χ0) is 18.1. The fraction of sp³-hybridized carbons (Fsp3) is 0.600. The molecule has 6 heteroatoms. The number of hydrogen-bond donors (Lipinski definition) is 2. The molecule has 5 nitrogen and oxygen atoms in total. The van der Waals surface area contributed by atoms with E-state index in [1.165, 1.54) is 19.3 Å². The second-order valence-electron chi connectivity index (χ2n) is 8.23. The van der Waals surface area contributed by atoms with E-state index in [4.69, 9.17) is 16.3 Å². The molecule has 5 rings (SSSR count). The van der Waals surface area contributed by atoms with Gasteiger partial charge in [-0.25, -0.2) is 4.79 Å². The van der Waals surface area contributed by atoms with E-state index >= 15 is 0 Å². The summed E-state index contributed by atoms with van der Waals surface area (Å²) in [7, 11) is 0. The highest BCUT2D eigenvalue weighted by Crippen LogP contribution is 2.60. The van der Waals surface area contributed by atoms with Gasteiger partial charge in [0.15, 0.2) is 0 Å². The van der Waals surface area contributed by atoms with Crippen LogP contribution in [0, 0.1) is 23.2 Å². The predicted octanol–water partition coefficient (Wildman–Crippen LogP) is 4.22. The minimum Gasteiger partial charge on any atom is -0.447 e. The van der Waals surface area contributed by atoms with Gasteiger partial charge in [0.1, 0.15) is 6.61 Å². The molecule has 2 N–H and O–H groups in total. The molecule has 4 aliphatic carbocycles. The summed E-state index contributed by atoms with van der Waals surface area (Å²) in [5.41, 5.74) is 0.428. The van der Waals surface area contributed by atoms with Crippen LogP contribution in [0.2, 0.25) is 5.02 Å². The van der Waals surface area contributed by atoms with Crippen LogP contribution < -0.4 is 10.6 Å². The number of ether oxygens (including phenoxy) is 1. The topological polar surface area (TPSA) is 67.4 Å². The van der Waals surface area contributed by atoms with Crippen molar-refractivity contribution in [3.8, 4) is 0 Å². The molecule has 0 aromatic heterocycles. The van der Waals surface area contributed by atoms with Crippen molar-refractivity contribution < 1.29 is 14.3 Å². The first kappa shape index (κ1) is 17.7. The highest BCUT2D eigenvalue weighted by Gasteiger charge is 2.54. The van der Waals surface area contributed by atoms with Gasteiger partial charge in [0.2, 0.25) is 5.91 Å². The number of benzene rings is 1. The lowest BCUT2D eigenvalue weighted by Crippen LogP contribution is -2.54. The van der Waals surface area contributed by atoms with Crippen LogP contribution >= 0.6 is 11.6 Å². The van der Waals surface area contributed by atoms with E-state index in [0.717, 1.165) is 37.0 Å². The van der Waals surface area contributed by atoms with Crippen LogP contribution in [-0.4, -0.2) is 25.2 Å². The Balaban J connectivity index is 1.21. The zero-order valence-corrected chi connectivity index (χ0v) is 15.6. The summed E-state index contributed by atoms with van der Waals surface area (Å²) in [4.78, 5) is 24.6. The molecule has 4 bridgehead atoms. The normalized spacial score (nSPS) is 31.5. The zero-order valence-electron chi connectivity index (χ0n) is 14.8. The summed E-state index contributed by atoms with van der Waals surface area (Å²) in [5.74, 6) is 2.39. The molecule has 0 radical (unpaired) electrons. The van der Waals surface area contributed by atoms with E-state index in [-0.39, 0.29) is 17.9 Å². The van der Waals surface area contributed by atoms with Crippen LogP contribution in [0.25, 0.3) is 0 Å². The molecule has 26 heavy (non-hydrogen) atoms. The Labute approximate surface area is 158 Å². The van der Waals surface area contributed by atoms with Crippen LogP contribution in [0.5, 0.6) is 0 Å². The van der Waals surface area contributed by atoms with Gasteiger partial charge >= 0.3 is 6.09 Å². The summed E-state index contributed by atoms with van der Waals surface area (Å²) in [5, 5.41) is 6.17. The van der Waals surface area contributed by atoms with Gasteiger partial charge in [-0.05, 0) is 74.5 Å². The van der Waals surface area contributed by atoms with E-state index < -0.39 is 6.09 Å². The second-order valence-corrected chi connectivity index (χ2v) is 8.66. The Hall–Kier alpha value is -1.75. The highest BCUT2D eigenvalue weighted by molar-refractivity contribution is 6.30. The molecule has 0 spiro atoms. The first-order valence-corrected chi connectivity index (χ1v) is 9.88. The van der Waals surface area contributed by atoms with Crippen molar-refractivity contribution in [1.29, 1.82) is 0 Å². The number of rotatable bonds is 5. The molecule has 0 aliphatic heterocycles. The average molecular weight is 377 g/mol. The SMILES string of the molecule is O=C(Nc1cccc(Cl)c1)OCCNC(=O)C12CC3CC(CC(C3)C1)C2. The van der Waals surface area contributed by atoms with E-state index in [2.05, 4.69) is 10.6 Å². The van der Waals surface area contributed by atoms with Gasteiger partial charge in [0, 0.05) is 16.1 Å². The summed E-state index contributed by atoms with van der Waals surface area (Å²) in [6.45, 7) is 0.508. The van der Waals surface area contributed by atoms with Gasteiger partial charge < -0.3 is 10.1 Å². The molecular formula is C20H25ClN2O3. The molecule has 0 saturated heterocycles. The van der Waals surface area contributed by atoms with Crippen LogP contribution in [0.3, 0.4) is 0 Å². The van der Waals surface area contributed by atoms with Gasteiger partial charge in [-0.3, -0.25) is 10.1 Å². The van der Waals surface area contributed by atoms with Gasteiger partial charge in [0.25, 0.3) is 0 Å². The smallest absolute Gasteiger partial charge is 0.411 e. The molecule has 4 aliphatic rings. The lowest BCUT2D eigenvalue weighted by Gasteiger charge is -2.55. The monoisotopic (exact) mass is 376 g/mol. The fourth-order valence-corrected chi connectivity index (χ4v) is 5.79. The van der Waals surface area contributed by atoms with Gasteiger partial charge in [-0.15, -0.1) is 0 Å². The third kappa shape index (κ3) is 3.68. The highest BCUT2D eigenvalue weighted by atomic mass is 35.5. The lowest BCUT2D eigenvalue weighted by molar-refractivity contribution is -0.146. The Bertz CT molecular complexity index is 671. The van der Waals surface area contributed by atoms with Gasteiger partial charge in [-0.2, -0.15) is 0 Å². The van der Waals surface area contributed by atoms with E-state index in [1.54, 1.807) is 24.3 Å². The number of halogens is 1. The van der Waals surface area contributed by atoms with Crippen molar-refractivity contribution in [2.24, 2.45) is 23.2 Å². The molecule has 1 aromatic rings. The number of carbonyl (C=O) groups is 2. The largest absolute Gasteiger partial charge is 0.447 e. The first-order valence-electron chi connectivity index (χ1n) is 9.50. The van der Waals surface area contributed by atoms with E-state index in [9.17, 15) is 9.59 Å². The molecule has 4 saturated carbocycles. The van der Waals surface area contributed by atoms with Crippen LogP contribution in [-0.2, 0) is 9.53 Å². The summed E-state index contributed by atoms with van der Waals surface area (Å²) >= 11 is 5.88. The minimum atomic E-state index is -0.545. The molecule has 1 aromatic carbocycles. The molecule has 140 valence electrons. The Morgan fingerprint density at radius 2 is 1.77 bits per heavy atom. The van der Waals surface area contributed by atoms with Crippen molar-refractivity contribution in [2.75, 3.05) is 18.5 Å². The summed E-state index contributed by atoms with van der Waals surface area (Å²) < 4.78 is 5.15. The summed E-state index contributed by atoms with van der Waals surface area (Å²) in [6, 6.07) is 6.88. The first-order chi connectivity index (χ1) is 12.5. The van der Waals surface area contributed by atoms with Crippen molar-refractivity contribution >= 4 is 29.3 Å². The number of anilines is 1. The Morgan fingerprint density at radius 3 is 2.38 bits per heavy atom. The molecule has 0 atom stereocenters. The maximum Gasteiger partial charge on any atom is 0.411 e. The minimum absolute atomic E-state index is 0.155. The van der Waals surface area contributed by atoms with Crippen molar-refractivity contribution in [1.82, 2.24) is 5.32 Å². The molecule has 0 heterocycles. The molecule has 0 unspecified atom stereocenters. The summed E-state index contributed by atoms with van der Waals surface area (Å²) in [6.07, 6.45) is 6.54. The van der Waals surface area contributed by atoms with Crippen molar-refractivity contribution in [2.45, 2.75) is 38.5 Å². The van der Waals surface area contributed by atoms with Gasteiger partial charge in [-0.1, -0.05) is 17.7 Å². The Kier molecular flexibility index (Phi) is 4.82. The number of carbonyl (C=O) groups excluding carboxylic acids is 2. The van der Waals surface area contributed by atoms with Crippen LogP contribution in [0.1, 0.15) is 38.5 Å². The molecule has 4 fully saturated rings. The predicted molar refractivity (Wildman–Crippen MR) is 100 cm³/mol. The number of nitrogens with one attached hydrogen (secondary N) is 2.